The molecule has 11 heavy (non-hydrogen) atoms. The highest BCUT2D eigenvalue weighted by Gasteiger charge is 2.01. The third-order valence-corrected chi connectivity index (χ3v) is 1.47. The molecule has 0 aliphatic rings. The third kappa shape index (κ3) is 1.58. The molecule has 2 heteroatoms. The second-order valence-corrected chi connectivity index (χ2v) is 2.51. The van der Waals surface area contributed by atoms with Gasteiger partial charge in [-0.15, -0.1) is 0 Å². The lowest BCUT2D eigenvalue weighted by atomic mass is 10.1. The van der Waals surface area contributed by atoms with Crippen molar-refractivity contribution < 1.29 is 4.39 Å². The molecule has 0 saturated carbocycles. The number of hydrogen-bond acceptors (Lipinski definition) is 1. The molecule has 1 rings (SSSR count). The molecule has 0 heterocycles. The molecule has 0 unspecified atom stereocenters. The number of hydrogen-bond donors (Lipinski definition) is 1. The molecule has 0 fully saturated rings. The quantitative estimate of drug-likeness (QED) is 0.653. The van der Waals surface area contributed by atoms with Crippen LogP contribution in [0.15, 0.2) is 24.8 Å². The Morgan fingerprint density at radius 3 is 2.64 bits per heavy atom. The number of aryl methyl sites for hydroxylation is 1. The van der Waals surface area contributed by atoms with Crippen LogP contribution in [0, 0.1) is 12.7 Å². The fraction of sp³-hybridized carbons (Fsp3) is 0.111. The van der Waals surface area contributed by atoms with Crippen molar-refractivity contribution in [2.24, 2.45) is 5.73 Å². The molecule has 0 spiro atoms. The lowest BCUT2D eigenvalue weighted by molar-refractivity contribution is 0.623. The van der Waals surface area contributed by atoms with Crippen LogP contribution in [0.3, 0.4) is 0 Å². The summed E-state index contributed by atoms with van der Waals surface area (Å²) in [5.74, 6) is -0.317. The zero-order valence-electron chi connectivity index (χ0n) is 6.39. The van der Waals surface area contributed by atoms with Gasteiger partial charge in [0, 0.05) is 11.3 Å². The van der Waals surface area contributed by atoms with E-state index >= 15 is 0 Å². The maximum atomic E-state index is 12.9. The first kappa shape index (κ1) is 7.79. The summed E-state index contributed by atoms with van der Waals surface area (Å²) in [7, 11) is 0. The summed E-state index contributed by atoms with van der Waals surface area (Å²) < 4.78 is 12.9. The summed E-state index contributed by atoms with van der Waals surface area (Å²) in [5, 5.41) is 0. The zero-order chi connectivity index (χ0) is 8.43. The minimum atomic E-state index is -0.317. The smallest absolute Gasteiger partial charge is 0.132 e. The van der Waals surface area contributed by atoms with Crippen LogP contribution in [-0.4, -0.2) is 0 Å². The fourth-order valence-corrected chi connectivity index (χ4v) is 0.885. The Balaban J connectivity index is 3.23. The Morgan fingerprint density at radius 1 is 1.55 bits per heavy atom. The first-order valence-corrected chi connectivity index (χ1v) is 3.32. The second kappa shape index (κ2) is 2.74. The van der Waals surface area contributed by atoms with Gasteiger partial charge in [0.1, 0.15) is 5.82 Å². The molecule has 0 bridgehead atoms. The first-order valence-electron chi connectivity index (χ1n) is 3.32. The average molecular weight is 151 g/mol. The van der Waals surface area contributed by atoms with Crippen molar-refractivity contribution in [1.82, 2.24) is 0 Å². The van der Waals surface area contributed by atoms with E-state index in [4.69, 9.17) is 5.73 Å². The van der Waals surface area contributed by atoms with Gasteiger partial charge in [-0.1, -0.05) is 18.2 Å². The topological polar surface area (TPSA) is 26.0 Å². The van der Waals surface area contributed by atoms with Crippen LogP contribution in [0.4, 0.5) is 4.39 Å². The maximum Gasteiger partial charge on any atom is 0.132 e. The van der Waals surface area contributed by atoms with E-state index in [-0.39, 0.29) is 11.5 Å². The summed E-state index contributed by atoms with van der Waals surface area (Å²) >= 11 is 0. The molecular formula is C9H10FN. The van der Waals surface area contributed by atoms with Crippen LogP contribution in [0.1, 0.15) is 11.1 Å². The van der Waals surface area contributed by atoms with Gasteiger partial charge in [0.2, 0.25) is 0 Å². The van der Waals surface area contributed by atoms with Crippen LogP contribution in [0.5, 0.6) is 0 Å². The number of benzene rings is 1. The molecule has 0 radical (unpaired) electrons. The fourth-order valence-electron chi connectivity index (χ4n) is 0.885. The van der Waals surface area contributed by atoms with E-state index in [1.165, 1.54) is 6.07 Å². The SMILES string of the molecule is C=C(N)c1cc(C)ccc1F. The van der Waals surface area contributed by atoms with Crippen molar-refractivity contribution in [1.29, 1.82) is 0 Å². The highest BCUT2D eigenvalue weighted by molar-refractivity contribution is 5.61. The zero-order valence-corrected chi connectivity index (χ0v) is 6.39. The highest BCUT2D eigenvalue weighted by atomic mass is 19.1. The maximum absolute atomic E-state index is 12.9. The van der Waals surface area contributed by atoms with E-state index in [2.05, 4.69) is 6.58 Å². The van der Waals surface area contributed by atoms with Crippen molar-refractivity contribution >= 4 is 5.70 Å². The molecular weight excluding hydrogens is 141 g/mol. The molecule has 0 atom stereocenters. The Morgan fingerprint density at radius 2 is 2.18 bits per heavy atom. The van der Waals surface area contributed by atoms with Crippen molar-refractivity contribution in [3.63, 3.8) is 0 Å². The molecule has 0 aromatic heterocycles. The summed E-state index contributed by atoms with van der Waals surface area (Å²) in [6.07, 6.45) is 0. The predicted octanol–water partition coefficient (Wildman–Crippen LogP) is 2.06. The van der Waals surface area contributed by atoms with Gasteiger partial charge in [-0.2, -0.15) is 0 Å². The highest BCUT2D eigenvalue weighted by Crippen LogP contribution is 2.13. The number of nitrogens with two attached hydrogens (primary N) is 1. The monoisotopic (exact) mass is 151 g/mol. The third-order valence-electron chi connectivity index (χ3n) is 1.47. The Bertz CT molecular complexity index is 292. The van der Waals surface area contributed by atoms with Gasteiger partial charge in [0.25, 0.3) is 0 Å². The minimum absolute atomic E-state index is 0.270. The summed E-state index contributed by atoms with van der Waals surface area (Å²) in [6.45, 7) is 5.35. The molecule has 1 aromatic carbocycles. The molecule has 1 aromatic rings. The van der Waals surface area contributed by atoms with Gasteiger partial charge in [0.05, 0.1) is 0 Å². The van der Waals surface area contributed by atoms with Crippen LogP contribution in [0.25, 0.3) is 5.70 Å². The van der Waals surface area contributed by atoms with Crippen molar-refractivity contribution in [3.05, 3.63) is 41.7 Å². The molecule has 0 amide bonds. The van der Waals surface area contributed by atoms with Gasteiger partial charge in [-0.3, -0.25) is 0 Å². The van der Waals surface area contributed by atoms with E-state index in [9.17, 15) is 4.39 Å². The van der Waals surface area contributed by atoms with Crippen LogP contribution in [-0.2, 0) is 0 Å². The normalized spacial score (nSPS) is 9.64. The van der Waals surface area contributed by atoms with E-state index in [1.807, 2.05) is 6.92 Å². The van der Waals surface area contributed by atoms with Gasteiger partial charge >= 0.3 is 0 Å². The molecule has 0 aliphatic heterocycles. The van der Waals surface area contributed by atoms with Gasteiger partial charge in [-0.05, 0) is 19.1 Å². The largest absolute Gasteiger partial charge is 0.399 e. The molecule has 1 nitrogen and oxygen atoms in total. The average Bonchev–Trinajstić information content (AvgIpc) is 1.94. The molecule has 2 N–H and O–H groups in total. The Labute approximate surface area is 65.3 Å². The first-order chi connectivity index (χ1) is 5.11. The molecule has 58 valence electrons. The van der Waals surface area contributed by atoms with Crippen LogP contribution < -0.4 is 5.73 Å². The van der Waals surface area contributed by atoms with Crippen LogP contribution in [0.2, 0.25) is 0 Å². The van der Waals surface area contributed by atoms with E-state index in [0.29, 0.717) is 5.56 Å². The van der Waals surface area contributed by atoms with Crippen molar-refractivity contribution in [3.8, 4) is 0 Å². The van der Waals surface area contributed by atoms with E-state index < -0.39 is 0 Å². The summed E-state index contributed by atoms with van der Waals surface area (Å²) in [4.78, 5) is 0. The van der Waals surface area contributed by atoms with Gasteiger partial charge < -0.3 is 5.73 Å². The lowest BCUT2D eigenvalue weighted by Crippen LogP contribution is -1.97. The Kier molecular flexibility index (Phi) is 1.94. The van der Waals surface area contributed by atoms with Gasteiger partial charge in [0.15, 0.2) is 0 Å². The Hall–Kier alpha value is -1.31. The second-order valence-electron chi connectivity index (χ2n) is 2.51. The number of rotatable bonds is 1. The van der Waals surface area contributed by atoms with Gasteiger partial charge in [-0.25, -0.2) is 4.39 Å². The van der Waals surface area contributed by atoms with E-state index in [0.717, 1.165) is 5.56 Å². The summed E-state index contributed by atoms with van der Waals surface area (Å²) in [6, 6.07) is 4.77. The molecule has 0 saturated heterocycles. The van der Waals surface area contributed by atoms with Crippen molar-refractivity contribution in [2.75, 3.05) is 0 Å². The standard InChI is InChI=1S/C9H10FN/c1-6-3-4-9(10)8(5-6)7(2)11/h3-5H,2,11H2,1H3. The number of halogens is 1. The van der Waals surface area contributed by atoms with Crippen molar-refractivity contribution in [2.45, 2.75) is 6.92 Å². The minimum Gasteiger partial charge on any atom is -0.399 e. The molecule has 0 aliphatic carbocycles. The van der Waals surface area contributed by atoms with E-state index in [1.54, 1.807) is 12.1 Å². The lowest BCUT2D eigenvalue weighted by Gasteiger charge is -2.01. The van der Waals surface area contributed by atoms with Crippen LogP contribution >= 0.6 is 0 Å². The predicted molar refractivity (Wildman–Crippen MR) is 44.4 cm³/mol. The summed E-state index contributed by atoms with van der Waals surface area (Å²) in [5.41, 5.74) is 6.99.